The minimum Gasteiger partial charge on any atom is -0.497 e. The van der Waals surface area contributed by atoms with E-state index in [0.29, 0.717) is 34.9 Å². The molecule has 220 valence electrons. The largest absolute Gasteiger partial charge is 0.497 e. The summed E-state index contributed by atoms with van der Waals surface area (Å²) in [6, 6.07) is 20.1. The second-order valence-electron chi connectivity index (χ2n) is 10.8. The van der Waals surface area contributed by atoms with E-state index < -0.39 is 0 Å². The number of non-ortho nitro benzene ring substituents is 1. The Morgan fingerprint density at radius 3 is 2.40 bits per heavy atom. The van der Waals surface area contributed by atoms with Crippen LogP contribution in [-0.4, -0.2) is 61.2 Å². The number of hydrogen-bond donors (Lipinski definition) is 0. The molecule has 0 N–H and O–H groups in total. The molecule has 5 rings (SSSR count). The minimum atomic E-state index is -0.360. The fraction of sp³-hybridized carbons (Fsp3) is 0.364. The highest BCUT2D eigenvalue weighted by Crippen LogP contribution is 2.25. The van der Waals surface area contributed by atoms with Gasteiger partial charge in [-0.3, -0.25) is 19.8 Å². The molecule has 3 aromatic carbocycles. The normalized spacial score (nSPS) is 14.4. The molecule has 4 aromatic rings. The molecule has 42 heavy (non-hydrogen) atoms. The van der Waals surface area contributed by atoms with E-state index in [-0.39, 0.29) is 16.0 Å². The van der Waals surface area contributed by atoms with Crippen LogP contribution in [0.15, 0.2) is 82.2 Å². The van der Waals surface area contributed by atoms with Gasteiger partial charge in [0.1, 0.15) is 23.3 Å². The van der Waals surface area contributed by atoms with Gasteiger partial charge in [-0.05, 0) is 87.8 Å². The summed E-state index contributed by atoms with van der Waals surface area (Å²) in [5, 5.41) is 11.4. The molecule has 9 heteroatoms. The van der Waals surface area contributed by atoms with Crippen molar-refractivity contribution in [1.29, 1.82) is 0 Å². The molecule has 1 aliphatic heterocycles. The minimum absolute atomic E-state index is 0.0758. The SMILES string of the molecule is COc1ccc(-c2coc3cc(OCCCCN(C)C4CCN(Cc5ccc([N+](=O)[O-])cc5)CC4)ccc3c2=O)cc1. The Balaban J connectivity index is 1.03. The molecule has 0 spiro atoms. The highest BCUT2D eigenvalue weighted by atomic mass is 16.6. The van der Waals surface area contributed by atoms with E-state index in [0.717, 1.165) is 68.7 Å². The number of unbranched alkanes of at least 4 members (excludes halogenated alkanes) is 1. The molecule has 0 radical (unpaired) electrons. The highest BCUT2D eigenvalue weighted by molar-refractivity contribution is 5.82. The van der Waals surface area contributed by atoms with Crippen LogP contribution in [0.2, 0.25) is 0 Å². The van der Waals surface area contributed by atoms with Crippen molar-refractivity contribution in [1.82, 2.24) is 9.80 Å². The highest BCUT2D eigenvalue weighted by Gasteiger charge is 2.22. The van der Waals surface area contributed by atoms with Gasteiger partial charge in [0, 0.05) is 30.8 Å². The summed E-state index contributed by atoms with van der Waals surface area (Å²) in [6.45, 7) is 4.48. The maximum absolute atomic E-state index is 13.1. The van der Waals surface area contributed by atoms with Gasteiger partial charge in [0.25, 0.3) is 5.69 Å². The Morgan fingerprint density at radius 2 is 1.71 bits per heavy atom. The molecule has 1 aromatic heterocycles. The third-order valence-electron chi connectivity index (χ3n) is 8.05. The number of ether oxygens (including phenoxy) is 2. The van der Waals surface area contributed by atoms with Crippen LogP contribution < -0.4 is 14.9 Å². The summed E-state index contributed by atoms with van der Waals surface area (Å²) in [5.41, 5.74) is 2.97. The quantitative estimate of drug-likeness (QED) is 0.114. The molecule has 9 nitrogen and oxygen atoms in total. The zero-order valence-electron chi connectivity index (χ0n) is 24.2. The summed E-state index contributed by atoms with van der Waals surface area (Å²) in [7, 11) is 3.81. The average molecular weight is 572 g/mol. The molecule has 0 atom stereocenters. The Hall–Kier alpha value is -4.21. The lowest BCUT2D eigenvalue weighted by atomic mass is 10.0. The van der Waals surface area contributed by atoms with Gasteiger partial charge in [-0.25, -0.2) is 0 Å². The van der Waals surface area contributed by atoms with Gasteiger partial charge < -0.3 is 18.8 Å². The Bertz CT molecular complexity index is 1540. The van der Waals surface area contributed by atoms with E-state index in [1.54, 1.807) is 31.4 Å². The van der Waals surface area contributed by atoms with Crippen LogP contribution in [0.1, 0.15) is 31.2 Å². The fourth-order valence-corrected chi connectivity index (χ4v) is 5.50. The Labute approximate surface area is 245 Å². The van der Waals surface area contributed by atoms with Gasteiger partial charge in [-0.15, -0.1) is 0 Å². The van der Waals surface area contributed by atoms with E-state index in [9.17, 15) is 14.9 Å². The monoisotopic (exact) mass is 571 g/mol. The second kappa shape index (κ2) is 13.6. The van der Waals surface area contributed by atoms with Crippen LogP contribution in [-0.2, 0) is 6.54 Å². The third-order valence-corrected chi connectivity index (χ3v) is 8.05. The summed E-state index contributed by atoms with van der Waals surface area (Å²) in [4.78, 5) is 28.4. The fourth-order valence-electron chi connectivity index (χ4n) is 5.50. The maximum atomic E-state index is 13.1. The molecule has 0 aliphatic carbocycles. The van der Waals surface area contributed by atoms with E-state index in [1.165, 1.54) is 6.26 Å². The van der Waals surface area contributed by atoms with Crippen molar-refractivity contribution in [2.24, 2.45) is 0 Å². The predicted octanol–water partition coefficient (Wildman–Crippen LogP) is 6.13. The Kier molecular flexibility index (Phi) is 9.51. The van der Waals surface area contributed by atoms with Gasteiger partial charge in [0.2, 0.25) is 0 Å². The maximum Gasteiger partial charge on any atom is 0.269 e. The van der Waals surface area contributed by atoms with Crippen molar-refractivity contribution in [3.63, 3.8) is 0 Å². The van der Waals surface area contributed by atoms with E-state index in [2.05, 4.69) is 16.8 Å². The van der Waals surface area contributed by atoms with Crippen molar-refractivity contribution in [2.75, 3.05) is 40.4 Å². The van der Waals surface area contributed by atoms with Crippen LogP contribution in [0, 0.1) is 10.1 Å². The molecule has 0 unspecified atom stereocenters. The number of benzene rings is 3. The summed E-state index contributed by atoms with van der Waals surface area (Å²) in [5.74, 6) is 1.42. The molecular formula is C33H37N3O6. The van der Waals surface area contributed by atoms with Crippen molar-refractivity contribution >= 4 is 16.7 Å². The van der Waals surface area contributed by atoms with Gasteiger partial charge in [0.15, 0.2) is 5.43 Å². The van der Waals surface area contributed by atoms with E-state index in [4.69, 9.17) is 13.9 Å². The molecule has 0 amide bonds. The van der Waals surface area contributed by atoms with E-state index in [1.807, 2.05) is 42.5 Å². The lowest BCUT2D eigenvalue weighted by molar-refractivity contribution is -0.384. The first-order valence-electron chi connectivity index (χ1n) is 14.4. The third kappa shape index (κ3) is 7.16. The number of likely N-dealkylation sites (tertiary alicyclic amines) is 1. The number of nitrogens with zero attached hydrogens (tertiary/aromatic N) is 3. The first kappa shape index (κ1) is 29.3. The topological polar surface area (TPSA) is 98.3 Å². The Morgan fingerprint density at radius 1 is 1.00 bits per heavy atom. The summed E-state index contributed by atoms with van der Waals surface area (Å²) >= 11 is 0. The number of fused-ring (bicyclic) bond motifs is 1. The standard InChI is InChI=1S/C33H37N3O6/c1-34(26-15-18-35(19-16-26)22-24-5-9-27(10-6-24)36(38)39)17-3-4-20-41-29-13-14-30-32(21-29)42-23-31(33(30)37)25-7-11-28(40-2)12-8-25/h5-14,21,23,26H,3-4,15-20,22H2,1-2H3. The molecule has 0 bridgehead atoms. The lowest BCUT2D eigenvalue weighted by Gasteiger charge is -2.36. The molecule has 1 fully saturated rings. The number of methoxy groups -OCH3 is 1. The number of piperidine rings is 1. The lowest BCUT2D eigenvalue weighted by Crippen LogP contribution is -2.43. The summed E-state index contributed by atoms with van der Waals surface area (Å²) in [6.07, 6.45) is 5.70. The zero-order valence-corrected chi connectivity index (χ0v) is 24.2. The number of nitro benzene ring substituents is 1. The average Bonchev–Trinajstić information content (AvgIpc) is 3.01. The number of nitro groups is 1. The number of hydrogen-bond acceptors (Lipinski definition) is 8. The number of rotatable bonds is 12. The summed E-state index contributed by atoms with van der Waals surface area (Å²) < 4.78 is 17.0. The van der Waals surface area contributed by atoms with Crippen LogP contribution >= 0.6 is 0 Å². The second-order valence-corrected chi connectivity index (χ2v) is 10.8. The molecule has 2 heterocycles. The van der Waals surface area contributed by atoms with Crippen molar-refractivity contribution in [3.05, 3.63) is 98.9 Å². The van der Waals surface area contributed by atoms with Crippen LogP contribution in [0.25, 0.3) is 22.1 Å². The van der Waals surface area contributed by atoms with Crippen molar-refractivity contribution in [2.45, 2.75) is 38.3 Å². The van der Waals surface area contributed by atoms with Gasteiger partial charge in [0.05, 0.1) is 29.6 Å². The van der Waals surface area contributed by atoms with Gasteiger partial charge in [-0.1, -0.05) is 24.3 Å². The molecule has 0 saturated carbocycles. The van der Waals surface area contributed by atoms with Gasteiger partial charge >= 0.3 is 0 Å². The molecule has 1 saturated heterocycles. The first-order chi connectivity index (χ1) is 20.4. The van der Waals surface area contributed by atoms with Crippen molar-refractivity contribution < 1.29 is 18.8 Å². The predicted molar refractivity (Wildman–Crippen MR) is 163 cm³/mol. The van der Waals surface area contributed by atoms with Crippen LogP contribution in [0.5, 0.6) is 11.5 Å². The zero-order chi connectivity index (χ0) is 29.5. The van der Waals surface area contributed by atoms with Crippen LogP contribution in [0.3, 0.4) is 0 Å². The molecular weight excluding hydrogens is 534 g/mol. The molecule has 1 aliphatic rings. The van der Waals surface area contributed by atoms with Crippen molar-refractivity contribution in [3.8, 4) is 22.6 Å². The van der Waals surface area contributed by atoms with Crippen LogP contribution in [0.4, 0.5) is 5.69 Å². The smallest absolute Gasteiger partial charge is 0.269 e. The first-order valence-corrected chi connectivity index (χ1v) is 14.4. The van der Waals surface area contributed by atoms with E-state index >= 15 is 0 Å². The van der Waals surface area contributed by atoms with Gasteiger partial charge in [-0.2, -0.15) is 0 Å².